The van der Waals surface area contributed by atoms with Crippen LogP contribution < -0.4 is 10.9 Å². The lowest BCUT2D eigenvalue weighted by Crippen LogP contribution is -2.33. The lowest BCUT2D eigenvalue weighted by atomic mass is 9.96. The zero-order chi connectivity index (χ0) is 18.9. The fraction of sp³-hybridized carbons (Fsp3) is 0.318. The molecule has 2 aromatic carbocycles. The number of hydrogen-bond acceptors (Lipinski definition) is 3. The Morgan fingerprint density at radius 1 is 1.15 bits per heavy atom. The lowest BCUT2D eigenvalue weighted by Gasteiger charge is -2.16. The molecule has 0 atom stereocenters. The molecule has 1 saturated carbocycles. The Balaban J connectivity index is 1.38. The van der Waals surface area contributed by atoms with Crippen LogP contribution in [0.5, 0.6) is 0 Å². The number of aromatic nitrogens is 2. The number of hydrogen-bond donors (Lipinski definition) is 1. The average molecular weight is 361 g/mol. The second kappa shape index (κ2) is 6.99. The second-order valence-electron chi connectivity index (χ2n) is 7.39. The second-order valence-corrected chi connectivity index (χ2v) is 7.39. The van der Waals surface area contributed by atoms with Gasteiger partial charge in [0, 0.05) is 24.9 Å². The number of nitrogens with one attached hydrogen (secondary N) is 1. The van der Waals surface area contributed by atoms with E-state index in [0.29, 0.717) is 18.5 Å². The number of carbonyl (C=O) groups excluding carboxylic acids is 1. The van der Waals surface area contributed by atoms with Gasteiger partial charge in [-0.05, 0) is 37.0 Å². The molecular weight excluding hydrogens is 338 g/mol. The fourth-order valence-corrected chi connectivity index (χ4v) is 3.59. The van der Waals surface area contributed by atoms with Gasteiger partial charge < -0.3 is 5.32 Å². The number of amides is 1. The Labute approximate surface area is 158 Å². The molecule has 0 unspecified atom stereocenters. The fourth-order valence-electron chi connectivity index (χ4n) is 3.59. The summed E-state index contributed by atoms with van der Waals surface area (Å²) in [4.78, 5) is 29.3. The maximum absolute atomic E-state index is 12.6. The summed E-state index contributed by atoms with van der Waals surface area (Å²) in [5, 5.41) is 3.64. The van der Waals surface area contributed by atoms with Crippen molar-refractivity contribution in [3.05, 3.63) is 76.3 Å². The molecule has 1 aliphatic rings. The SMILES string of the molecule is Cc1cccc2c(=O)n(CCC(=O)NCC3(c4ccccc4)CC3)cnc12. The topological polar surface area (TPSA) is 64.0 Å². The van der Waals surface area contributed by atoms with E-state index in [1.807, 2.05) is 37.3 Å². The third-order valence-corrected chi connectivity index (χ3v) is 5.50. The highest BCUT2D eigenvalue weighted by molar-refractivity contribution is 5.80. The number of para-hydroxylation sites is 1. The van der Waals surface area contributed by atoms with Gasteiger partial charge in [0.05, 0.1) is 17.2 Å². The van der Waals surface area contributed by atoms with E-state index < -0.39 is 0 Å². The van der Waals surface area contributed by atoms with Crippen LogP contribution in [-0.2, 0) is 16.8 Å². The van der Waals surface area contributed by atoms with Crippen LogP contribution in [0.1, 0.15) is 30.4 Å². The van der Waals surface area contributed by atoms with Crippen molar-refractivity contribution < 1.29 is 4.79 Å². The Morgan fingerprint density at radius 2 is 1.93 bits per heavy atom. The molecule has 5 heteroatoms. The monoisotopic (exact) mass is 361 g/mol. The molecule has 1 heterocycles. The third-order valence-electron chi connectivity index (χ3n) is 5.50. The third kappa shape index (κ3) is 3.50. The molecule has 3 aromatic rings. The van der Waals surface area contributed by atoms with Crippen LogP contribution in [0.15, 0.2) is 59.7 Å². The molecular formula is C22H23N3O2. The summed E-state index contributed by atoms with van der Waals surface area (Å²) in [6.45, 7) is 2.92. The molecule has 0 radical (unpaired) electrons. The van der Waals surface area contributed by atoms with E-state index in [0.717, 1.165) is 23.9 Å². The molecule has 5 nitrogen and oxygen atoms in total. The van der Waals surface area contributed by atoms with Gasteiger partial charge in [0.1, 0.15) is 0 Å². The van der Waals surface area contributed by atoms with Gasteiger partial charge in [0.15, 0.2) is 0 Å². The van der Waals surface area contributed by atoms with Gasteiger partial charge in [-0.2, -0.15) is 0 Å². The number of fused-ring (bicyclic) bond motifs is 1. The molecule has 0 saturated heterocycles. The summed E-state index contributed by atoms with van der Waals surface area (Å²) in [6.07, 6.45) is 4.01. The maximum Gasteiger partial charge on any atom is 0.261 e. The van der Waals surface area contributed by atoms with Crippen molar-refractivity contribution in [3.8, 4) is 0 Å². The minimum Gasteiger partial charge on any atom is -0.355 e. The van der Waals surface area contributed by atoms with E-state index >= 15 is 0 Å². The predicted molar refractivity (Wildman–Crippen MR) is 106 cm³/mol. The summed E-state index contributed by atoms with van der Waals surface area (Å²) in [7, 11) is 0. The molecule has 0 spiro atoms. The predicted octanol–water partition coefficient (Wildman–Crippen LogP) is 2.94. The smallest absolute Gasteiger partial charge is 0.261 e. The van der Waals surface area contributed by atoms with Crippen LogP contribution in [0.25, 0.3) is 10.9 Å². The Morgan fingerprint density at radius 3 is 2.67 bits per heavy atom. The molecule has 1 fully saturated rings. The van der Waals surface area contributed by atoms with Crippen molar-refractivity contribution >= 4 is 16.8 Å². The molecule has 1 amide bonds. The molecule has 0 bridgehead atoms. The minimum absolute atomic E-state index is 0.0338. The highest BCUT2D eigenvalue weighted by Gasteiger charge is 2.44. The van der Waals surface area contributed by atoms with E-state index in [9.17, 15) is 9.59 Å². The van der Waals surface area contributed by atoms with Gasteiger partial charge in [-0.25, -0.2) is 4.98 Å². The van der Waals surface area contributed by atoms with E-state index in [2.05, 4.69) is 22.4 Å². The lowest BCUT2D eigenvalue weighted by molar-refractivity contribution is -0.121. The van der Waals surface area contributed by atoms with Crippen LogP contribution in [0.4, 0.5) is 0 Å². The number of aryl methyl sites for hydroxylation is 2. The number of benzene rings is 2. The normalized spacial score (nSPS) is 14.9. The van der Waals surface area contributed by atoms with E-state index in [1.165, 1.54) is 16.5 Å². The molecule has 1 aromatic heterocycles. The quantitative estimate of drug-likeness (QED) is 0.734. The largest absolute Gasteiger partial charge is 0.355 e. The van der Waals surface area contributed by atoms with Crippen molar-refractivity contribution in [1.82, 2.24) is 14.9 Å². The van der Waals surface area contributed by atoms with Crippen LogP contribution in [0, 0.1) is 6.92 Å². The van der Waals surface area contributed by atoms with Gasteiger partial charge in [-0.15, -0.1) is 0 Å². The van der Waals surface area contributed by atoms with Gasteiger partial charge in [0.25, 0.3) is 5.56 Å². The standard InChI is InChI=1S/C22H23N3O2/c1-16-6-5-9-18-20(16)24-15-25(21(18)27)13-10-19(26)23-14-22(11-12-22)17-7-3-2-4-8-17/h2-9,15H,10-14H2,1H3,(H,23,26). The van der Waals surface area contributed by atoms with Crippen LogP contribution >= 0.6 is 0 Å². The Bertz CT molecular complexity index is 1040. The first-order chi connectivity index (χ1) is 13.1. The average Bonchev–Trinajstić information content (AvgIpc) is 3.48. The summed E-state index contributed by atoms with van der Waals surface area (Å²) < 4.78 is 1.52. The Kier molecular flexibility index (Phi) is 4.52. The van der Waals surface area contributed by atoms with Crippen molar-refractivity contribution in [2.45, 2.75) is 38.1 Å². The van der Waals surface area contributed by atoms with Crippen molar-refractivity contribution in [1.29, 1.82) is 0 Å². The number of nitrogens with zero attached hydrogens (tertiary/aromatic N) is 2. The molecule has 27 heavy (non-hydrogen) atoms. The molecule has 138 valence electrons. The first kappa shape index (κ1) is 17.5. The van der Waals surface area contributed by atoms with Crippen molar-refractivity contribution in [2.75, 3.05) is 6.54 Å². The number of rotatable bonds is 6. The highest BCUT2D eigenvalue weighted by atomic mass is 16.1. The zero-order valence-electron chi connectivity index (χ0n) is 15.4. The van der Waals surface area contributed by atoms with Crippen LogP contribution in [0.2, 0.25) is 0 Å². The van der Waals surface area contributed by atoms with Gasteiger partial charge in [-0.3, -0.25) is 14.2 Å². The maximum atomic E-state index is 12.6. The van der Waals surface area contributed by atoms with Crippen molar-refractivity contribution in [2.24, 2.45) is 0 Å². The van der Waals surface area contributed by atoms with Crippen LogP contribution in [-0.4, -0.2) is 22.0 Å². The first-order valence-corrected chi connectivity index (χ1v) is 9.36. The van der Waals surface area contributed by atoms with Crippen LogP contribution in [0.3, 0.4) is 0 Å². The van der Waals surface area contributed by atoms with Gasteiger partial charge in [-0.1, -0.05) is 42.5 Å². The summed E-state index contributed by atoms with van der Waals surface area (Å²) in [5.41, 5.74) is 2.98. The van der Waals surface area contributed by atoms with Gasteiger partial charge in [0.2, 0.25) is 5.91 Å². The molecule has 4 rings (SSSR count). The summed E-state index contributed by atoms with van der Waals surface area (Å²) in [5.74, 6) is -0.0338. The van der Waals surface area contributed by atoms with Crippen molar-refractivity contribution in [3.63, 3.8) is 0 Å². The van der Waals surface area contributed by atoms with E-state index in [4.69, 9.17) is 0 Å². The summed E-state index contributed by atoms with van der Waals surface area (Å²) >= 11 is 0. The first-order valence-electron chi connectivity index (χ1n) is 9.36. The summed E-state index contributed by atoms with van der Waals surface area (Å²) in [6, 6.07) is 15.9. The zero-order valence-corrected chi connectivity index (χ0v) is 15.4. The number of carbonyl (C=O) groups is 1. The highest BCUT2D eigenvalue weighted by Crippen LogP contribution is 2.47. The molecule has 1 N–H and O–H groups in total. The minimum atomic E-state index is -0.0977. The van der Waals surface area contributed by atoms with Gasteiger partial charge >= 0.3 is 0 Å². The Hall–Kier alpha value is -2.95. The molecule has 0 aliphatic heterocycles. The van der Waals surface area contributed by atoms with E-state index in [-0.39, 0.29) is 23.3 Å². The van der Waals surface area contributed by atoms with E-state index in [1.54, 1.807) is 6.07 Å². The molecule has 1 aliphatic carbocycles.